The van der Waals surface area contributed by atoms with Gasteiger partial charge in [-0.1, -0.05) is 18.2 Å². The summed E-state index contributed by atoms with van der Waals surface area (Å²) in [5, 5.41) is 5.41. The van der Waals surface area contributed by atoms with Crippen LogP contribution in [-0.4, -0.2) is 26.0 Å². The second kappa shape index (κ2) is 9.47. The molecule has 0 saturated heterocycles. The summed E-state index contributed by atoms with van der Waals surface area (Å²) < 4.78 is 16.0. The molecule has 0 atom stereocenters. The van der Waals surface area contributed by atoms with Crippen molar-refractivity contribution in [1.82, 2.24) is 5.32 Å². The van der Waals surface area contributed by atoms with Gasteiger partial charge in [0, 0.05) is 35.5 Å². The van der Waals surface area contributed by atoms with Crippen LogP contribution in [0.2, 0.25) is 0 Å². The maximum absolute atomic E-state index is 13.0. The van der Waals surface area contributed by atoms with Gasteiger partial charge in [-0.3, -0.25) is 9.59 Å². The summed E-state index contributed by atoms with van der Waals surface area (Å²) in [4.78, 5) is 25.6. The van der Waals surface area contributed by atoms with Crippen LogP contribution in [0.25, 0.3) is 6.08 Å². The van der Waals surface area contributed by atoms with Gasteiger partial charge in [0.05, 0.1) is 14.2 Å². The number of carbonyl (C=O) groups excluding carboxylic acids is 2. The molecule has 154 valence electrons. The highest BCUT2D eigenvalue weighted by Crippen LogP contribution is 2.26. The topological polar surface area (TPSA) is 89.8 Å². The molecule has 0 radical (unpaired) electrons. The molecule has 30 heavy (non-hydrogen) atoms. The lowest BCUT2D eigenvalue weighted by Crippen LogP contribution is -2.30. The quantitative estimate of drug-likeness (QED) is 0.579. The third kappa shape index (κ3) is 5.29. The second-order valence-corrected chi connectivity index (χ2v) is 6.38. The van der Waals surface area contributed by atoms with Crippen LogP contribution in [0.3, 0.4) is 0 Å². The number of carbonyl (C=O) groups is 2. The minimum atomic E-state index is -0.524. The molecule has 0 spiro atoms. The first kappa shape index (κ1) is 20.7. The molecule has 2 N–H and O–H groups in total. The first-order valence-corrected chi connectivity index (χ1v) is 9.17. The van der Waals surface area contributed by atoms with Crippen molar-refractivity contribution in [3.05, 3.63) is 83.4 Å². The van der Waals surface area contributed by atoms with E-state index in [1.807, 2.05) is 6.07 Å². The number of anilines is 1. The Morgan fingerprint density at radius 1 is 0.933 bits per heavy atom. The van der Waals surface area contributed by atoms with Gasteiger partial charge in [-0.15, -0.1) is 0 Å². The molecule has 3 aromatic rings. The van der Waals surface area contributed by atoms with Crippen LogP contribution in [0.5, 0.6) is 11.5 Å². The zero-order valence-electron chi connectivity index (χ0n) is 16.9. The van der Waals surface area contributed by atoms with E-state index in [9.17, 15) is 9.59 Å². The number of rotatable bonds is 7. The van der Waals surface area contributed by atoms with Gasteiger partial charge in [0.2, 0.25) is 0 Å². The highest BCUT2D eigenvalue weighted by atomic mass is 16.5. The van der Waals surface area contributed by atoms with E-state index in [4.69, 9.17) is 13.9 Å². The highest BCUT2D eigenvalue weighted by Gasteiger charge is 2.16. The van der Waals surface area contributed by atoms with Crippen molar-refractivity contribution >= 4 is 23.6 Å². The minimum Gasteiger partial charge on any atom is -0.497 e. The summed E-state index contributed by atoms with van der Waals surface area (Å²) in [6.07, 6.45) is 1.47. The summed E-state index contributed by atoms with van der Waals surface area (Å²) in [6.45, 7) is 1.79. The van der Waals surface area contributed by atoms with Crippen LogP contribution >= 0.6 is 0 Å². The van der Waals surface area contributed by atoms with E-state index in [1.165, 1.54) is 20.3 Å². The number of methoxy groups -OCH3 is 2. The van der Waals surface area contributed by atoms with E-state index < -0.39 is 11.8 Å². The van der Waals surface area contributed by atoms with Crippen molar-refractivity contribution in [2.75, 3.05) is 19.5 Å². The Labute approximate surface area is 174 Å². The van der Waals surface area contributed by atoms with Crippen LogP contribution in [0.15, 0.2) is 70.8 Å². The second-order valence-electron chi connectivity index (χ2n) is 6.38. The highest BCUT2D eigenvalue weighted by molar-refractivity contribution is 6.10. The summed E-state index contributed by atoms with van der Waals surface area (Å²) in [6, 6.07) is 17.1. The molecule has 0 aliphatic carbocycles. The molecule has 7 nitrogen and oxygen atoms in total. The minimum absolute atomic E-state index is 0.0278. The molecule has 0 unspecified atom stereocenters. The average Bonchev–Trinajstić information content (AvgIpc) is 3.18. The van der Waals surface area contributed by atoms with Crippen molar-refractivity contribution in [2.24, 2.45) is 0 Å². The molecule has 2 aromatic carbocycles. The van der Waals surface area contributed by atoms with Crippen molar-refractivity contribution < 1.29 is 23.5 Å². The SMILES string of the molecule is COc1cc(NC(=O)C(=Cc2ccc(C)o2)NC(=O)c2ccccc2)cc(OC)c1. The number of nitrogens with one attached hydrogen (secondary N) is 2. The first-order chi connectivity index (χ1) is 14.5. The summed E-state index contributed by atoms with van der Waals surface area (Å²) in [7, 11) is 3.04. The molecule has 2 amide bonds. The molecule has 1 aromatic heterocycles. The van der Waals surface area contributed by atoms with Gasteiger partial charge in [-0.2, -0.15) is 0 Å². The average molecular weight is 406 g/mol. The van der Waals surface area contributed by atoms with E-state index in [0.717, 1.165) is 0 Å². The lowest BCUT2D eigenvalue weighted by atomic mass is 10.2. The number of hydrogen-bond donors (Lipinski definition) is 2. The Bertz CT molecular complexity index is 1050. The maximum Gasteiger partial charge on any atom is 0.272 e. The van der Waals surface area contributed by atoms with Gasteiger partial charge in [0.25, 0.3) is 11.8 Å². The van der Waals surface area contributed by atoms with Crippen molar-refractivity contribution in [3.63, 3.8) is 0 Å². The predicted octanol–water partition coefficient (Wildman–Crippen LogP) is 4.01. The molecule has 1 heterocycles. The van der Waals surface area contributed by atoms with Gasteiger partial charge in [-0.05, 0) is 31.2 Å². The number of aryl methyl sites for hydroxylation is 1. The molecule has 7 heteroatoms. The molecule has 0 fully saturated rings. The largest absolute Gasteiger partial charge is 0.497 e. The Hall–Kier alpha value is -4.00. The number of amides is 2. The normalized spacial score (nSPS) is 11.0. The molecule has 0 bridgehead atoms. The molecule has 0 aliphatic rings. The van der Waals surface area contributed by atoms with Crippen molar-refractivity contribution in [3.8, 4) is 11.5 Å². The van der Waals surface area contributed by atoms with Gasteiger partial charge >= 0.3 is 0 Å². The van der Waals surface area contributed by atoms with Crippen molar-refractivity contribution in [1.29, 1.82) is 0 Å². The molecule has 3 rings (SSSR count). The van der Waals surface area contributed by atoms with E-state index in [-0.39, 0.29) is 5.70 Å². The van der Waals surface area contributed by atoms with Crippen LogP contribution in [0.4, 0.5) is 5.69 Å². The van der Waals surface area contributed by atoms with Crippen LogP contribution in [-0.2, 0) is 4.79 Å². The Kier molecular flexibility index (Phi) is 6.54. The fraction of sp³-hybridized carbons (Fsp3) is 0.130. The van der Waals surface area contributed by atoms with Crippen LogP contribution in [0.1, 0.15) is 21.9 Å². The number of ether oxygens (including phenoxy) is 2. The number of furan rings is 1. The van der Waals surface area contributed by atoms with E-state index in [1.54, 1.807) is 61.5 Å². The van der Waals surface area contributed by atoms with E-state index in [0.29, 0.717) is 34.3 Å². The van der Waals surface area contributed by atoms with Crippen molar-refractivity contribution in [2.45, 2.75) is 6.92 Å². The van der Waals surface area contributed by atoms with Crippen LogP contribution in [0, 0.1) is 6.92 Å². The van der Waals surface area contributed by atoms with E-state index in [2.05, 4.69) is 10.6 Å². The number of benzene rings is 2. The Morgan fingerprint density at radius 2 is 1.60 bits per heavy atom. The summed E-state index contributed by atoms with van der Waals surface area (Å²) in [5.74, 6) is 1.23. The monoisotopic (exact) mass is 406 g/mol. The smallest absolute Gasteiger partial charge is 0.272 e. The van der Waals surface area contributed by atoms with E-state index >= 15 is 0 Å². The molecular weight excluding hydrogens is 384 g/mol. The lowest BCUT2D eigenvalue weighted by Gasteiger charge is -2.13. The maximum atomic E-state index is 13.0. The Morgan fingerprint density at radius 3 is 2.17 bits per heavy atom. The van der Waals surface area contributed by atoms with Crippen LogP contribution < -0.4 is 20.1 Å². The third-order valence-electron chi connectivity index (χ3n) is 4.19. The summed E-state index contributed by atoms with van der Waals surface area (Å²) >= 11 is 0. The summed E-state index contributed by atoms with van der Waals surface area (Å²) in [5.41, 5.74) is 0.904. The fourth-order valence-corrected chi connectivity index (χ4v) is 2.69. The molecular formula is C23H22N2O5. The standard InChI is InChI=1S/C23H22N2O5/c1-15-9-10-18(30-15)14-21(25-22(26)16-7-5-4-6-8-16)23(27)24-17-11-19(28-2)13-20(12-17)29-3/h4-14H,1-3H3,(H,24,27)(H,25,26). The zero-order chi connectivity index (χ0) is 21.5. The predicted molar refractivity (Wildman–Crippen MR) is 114 cm³/mol. The first-order valence-electron chi connectivity index (χ1n) is 9.17. The van der Waals surface area contributed by atoms with Gasteiger partial charge < -0.3 is 24.5 Å². The Balaban J connectivity index is 1.88. The molecule has 0 saturated carbocycles. The third-order valence-corrected chi connectivity index (χ3v) is 4.19. The van der Waals surface area contributed by atoms with Gasteiger partial charge in [0.1, 0.15) is 28.7 Å². The van der Waals surface area contributed by atoms with Gasteiger partial charge in [0.15, 0.2) is 0 Å². The van der Waals surface area contributed by atoms with Gasteiger partial charge in [-0.25, -0.2) is 0 Å². The zero-order valence-corrected chi connectivity index (χ0v) is 16.9. The number of hydrogen-bond acceptors (Lipinski definition) is 5. The molecule has 0 aliphatic heterocycles. The fourth-order valence-electron chi connectivity index (χ4n) is 2.69. The lowest BCUT2D eigenvalue weighted by molar-refractivity contribution is -0.113.